The van der Waals surface area contributed by atoms with Crippen LogP contribution >= 0.6 is 0 Å². The van der Waals surface area contributed by atoms with Gasteiger partial charge in [-0.15, -0.1) is 0 Å². The van der Waals surface area contributed by atoms with Crippen LogP contribution in [0.2, 0.25) is 0 Å². The number of phenolic OH excluding ortho intramolecular Hbond substituents is 1. The third-order valence-electron chi connectivity index (χ3n) is 4.28. The van der Waals surface area contributed by atoms with Crippen molar-refractivity contribution in [2.75, 3.05) is 10.6 Å². The molecule has 0 atom stereocenters. The highest BCUT2D eigenvalue weighted by Crippen LogP contribution is 2.23. The quantitative estimate of drug-likeness (QED) is 0.459. The number of hydrogen-bond donors (Lipinski definition) is 3. The van der Waals surface area contributed by atoms with E-state index in [4.69, 9.17) is 0 Å². The number of aromatic nitrogens is 2. The Bertz CT molecular complexity index is 1110. The van der Waals surface area contributed by atoms with Gasteiger partial charge in [0.2, 0.25) is 0 Å². The van der Waals surface area contributed by atoms with Gasteiger partial charge in [0.1, 0.15) is 17.9 Å². The van der Waals surface area contributed by atoms with E-state index in [2.05, 4.69) is 20.6 Å². The van der Waals surface area contributed by atoms with Crippen molar-refractivity contribution >= 4 is 23.1 Å². The number of aromatic hydroxyl groups is 1. The molecule has 0 saturated carbocycles. The van der Waals surface area contributed by atoms with Crippen LogP contribution in [0.25, 0.3) is 11.3 Å². The summed E-state index contributed by atoms with van der Waals surface area (Å²) < 4.78 is 0. The molecule has 3 N–H and O–H groups in total. The van der Waals surface area contributed by atoms with E-state index in [0.717, 1.165) is 16.9 Å². The smallest absolute Gasteiger partial charge is 0.255 e. The second-order valence-corrected chi connectivity index (χ2v) is 6.36. The summed E-state index contributed by atoms with van der Waals surface area (Å²) in [7, 11) is 0. The van der Waals surface area contributed by atoms with E-state index < -0.39 is 0 Å². The van der Waals surface area contributed by atoms with Crippen LogP contribution in [0.15, 0.2) is 91.3 Å². The summed E-state index contributed by atoms with van der Waals surface area (Å²) in [5.74, 6) is 0.699. The maximum Gasteiger partial charge on any atom is 0.255 e. The lowest BCUT2D eigenvalue weighted by atomic mass is 10.1. The van der Waals surface area contributed by atoms with E-state index in [9.17, 15) is 9.90 Å². The topological polar surface area (TPSA) is 87.1 Å². The Kier molecular flexibility index (Phi) is 5.16. The molecule has 0 spiro atoms. The summed E-state index contributed by atoms with van der Waals surface area (Å²) >= 11 is 0. The van der Waals surface area contributed by atoms with Crippen LogP contribution in [0.3, 0.4) is 0 Å². The molecule has 0 fully saturated rings. The lowest BCUT2D eigenvalue weighted by Gasteiger charge is -2.09. The van der Waals surface area contributed by atoms with Crippen molar-refractivity contribution in [2.45, 2.75) is 0 Å². The fourth-order valence-corrected chi connectivity index (χ4v) is 2.79. The van der Waals surface area contributed by atoms with E-state index >= 15 is 0 Å². The highest BCUT2D eigenvalue weighted by atomic mass is 16.3. The van der Waals surface area contributed by atoms with Crippen LogP contribution in [0.5, 0.6) is 5.75 Å². The molecule has 0 aliphatic carbocycles. The molecule has 4 aromatic rings. The number of carbonyl (C=O) groups is 1. The van der Waals surface area contributed by atoms with E-state index in [1.165, 1.54) is 6.33 Å². The number of benzene rings is 3. The van der Waals surface area contributed by atoms with Gasteiger partial charge in [0.15, 0.2) is 0 Å². The van der Waals surface area contributed by atoms with Gasteiger partial charge in [-0.2, -0.15) is 0 Å². The molecule has 0 unspecified atom stereocenters. The third kappa shape index (κ3) is 4.56. The van der Waals surface area contributed by atoms with Gasteiger partial charge in [-0.1, -0.05) is 18.2 Å². The number of carbonyl (C=O) groups excluding carboxylic acids is 1. The van der Waals surface area contributed by atoms with Gasteiger partial charge in [0.25, 0.3) is 5.91 Å². The van der Waals surface area contributed by atoms with Gasteiger partial charge in [0.05, 0.1) is 5.69 Å². The number of anilines is 3. The summed E-state index contributed by atoms with van der Waals surface area (Å²) in [5.41, 5.74) is 3.77. The van der Waals surface area contributed by atoms with E-state index in [-0.39, 0.29) is 11.7 Å². The zero-order valence-electron chi connectivity index (χ0n) is 15.4. The van der Waals surface area contributed by atoms with Gasteiger partial charge in [0, 0.05) is 28.6 Å². The fraction of sp³-hybridized carbons (Fsp3) is 0. The average molecular weight is 382 g/mol. The van der Waals surface area contributed by atoms with Crippen LogP contribution in [-0.4, -0.2) is 21.0 Å². The molecule has 142 valence electrons. The molecule has 4 rings (SSSR count). The van der Waals surface area contributed by atoms with Crippen LogP contribution < -0.4 is 10.6 Å². The molecule has 1 heterocycles. The predicted molar refractivity (Wildman–Crippen MR) is 113 cm³/mol. The second-order valence-electron chi connectivity index (χ2n) is 6.36. The standard InChI is InChI=1S/C23H18N4O2/c28-20-12-6-16(7-13-20)21-14-22(25-15-24-21)26-18-8-10-19(11-9-18)27-23(29)17-4-2-1-3-5-17/h1-15,28H,(H,27,29)(H,24,25,26). The predicted octanol–water partition coefficient (Wildman–Crippen LogP) is 4.85. The Morgan fingerprint density at radius 3 is 2.21 bits per heavy atom. The Balaban J connectivity index is 1.44. The van der Waals surface area contributed by atoms with Crippen molar-refractivity contribution in [2.24, 2.45) is 0 Å². The molecule has 6 nitrogen and oxygen atoms in total. The molecule has 1 amide bonds. The largest absolute Gasteiger partial charge is 0.508 e. The summed E-state index contributed by atoms with van der Waals surface area (Å²) in [5, 5.41) is 15.5. The number of amides is 1. The third-order valence-corrected chi connectivity index (χ3v) is 4.28. The molecule has 0 radical (unpaired) electrons. The summed E-state index contributed by atoms with van der Waals surface area (Å²) in [6.07, 6.45) is 1.49. The number of hydrogen-bond acceptors (Lipinski definition) is 5. The summed E-state index contributed by atoms with van der Waals surface area (Å²) in [6, 6.07) is 25.1. The molecule has 0 aliphatic rings. The average Bonchev–Trinajstić information content (AvgIpc) is 2.76. The Morgan fingerprint density at radius 1 is 0.793 bits per heavy atom. The minimum Gasteiger partial charge on any atom is -0.508 e. The molecule has 0 saturated heterocycles. The minimum absolute atomic E-state index is 0.152. The highest BCUT2D eigenvalue weighted by Gasteiger charge is 2.06. The van der Waals surface area contributed by atoms with E-state index in [0.29, 0.717) is 17.1 Å². The number of nitrogens with one attached hydrogen (secondary N) is 2. The molecule has 29 heavy (non-hydrogen) atoms. The first-order valence-electron chi connectivity index (χ1n) is 9.02. The normalized spacial score (nSPS) is 10.3. The zero-order valence-corrected chi connectivity index (χ0v) is 15.4. The molecule has 1 aromatic heterocycles. The maximum absolute atomic E-state index is 12.2. The van der Waals surface area contributed by atoms with Crippen LogP contribution in [0.4, 0.5) is 17.2 Å². The first-order chi connectivity index (χ1) is 14.2. The number of rotatable bonds is 5. The monoisotopic (exact) mass is 382 g/mol. The molecule has 0 aliphatic heterocycles. The highest BCUT2D eigenvalue weighted by molar-refractivity contribution is 6.04. The Morgan fingerprint density at radius 2 is 1.48 bits per heavy atom. The minimum atomic E-state index is -0.152. The fourth-order valence-electron chi connectivity index (χ4n) is 2.79. The lowest BCUT2D eigenvalue weighted by molar-refractivity contribution is 0.102. The summed E-state index contributed by atoms with van der Waals surface area (Å²) in [6.45, 7) is 0. The van der Waals surface area contributed by atoms with Crippen molar-refractivity contribution < 1.29 is 9.90 Å². The molecular formula is C23H18N4O2. The van der Waals surface area contributed by atoms with Crippen molar-refractivity contribution in [3.05, 3.63) is 96.8 Å². The Hall–Kier alpha value is -4.19. The summed E-state index contributed by atoms with van der Waals surface area (Å²) in [4.78, 5) is 20.7. The molecular weight excluding hydrogens is 364 g/mol. The lowest BCUT2D eigenvalue weighted by Crippen LogP contribution is -2.11. The molecule has 6 heteroatoms. The SMILES string of the molecule is O=C(Nc1ccc(Nc2cc(-c3ccc(O)cc3)ncn2)cc1)c1ccccc1. The van der Waals surface area contributed by atoms with E-state index in [1.807, 2.05) is 48.5 Å². The molecule has 0 bridgehead atoms. The van der Waals surface area contributed by atoms with Crippen molar-refractivity contribution in [1.82, 2.24) is 9.97 Å². The number of phenols is 1. The van der Waals surface area contributed by atoms with Crippen LogP contribution in [0, 0.1) is 0 Å². The van der Waals surface area contributed by atoms with Crippen molar-refractivity contribution in [1.29, 1.82) is 0 Å². The molecule has 3 aromatic carbocycles. The van der Waals surface area contributed by atoms with Gasteiger partial charge >= 0.3 is 0 Å². The maximum atomic E-state index is 12.2. The first-order valence-corrected chi connectivity index (χ1v) is 9.02. The first kappa shape index (κ1) is 18.2. The second kappa shape index (κ2) is 8.22. The van der Waals surface area contributed by atoms with Gasteiger partial charge < -0.3 is 15.7 Å². The Labute approximate surface area is 167 Å². The zero-order chi connectivity index (χ0) is 20.1. The van der Waals surface area contributed by atoms with Crippen LogP contribution in [-0.2, 0) is 0 Å². The van der Waals surface area contributed by atoms with E-state index in [1.54, 1.807) is 36.4 Å². The van der Waals surface area contributed by atoms with Gasteiger partial charge in [-0.05, 0) is 60.7 Å². The van der Waals surface area contributed by atoms with Crippen LogP contribution in [0.1, 0.15) is 10.4 Å². The van der Waals surface area contributed by atoms with Gasteiger partial charge in [-0.25, -0.2) is 9.97 Å². The van der Waals surface area contributed by atoms with Crippen molar-refractivity contribution in [3.8, 4) is 17.0 Å². The van der Waals surface area contributed by atoms with Crippen molar-refractivity contribution in [3.63, 3.8) is 0 Å². The number of nitrogens with zero attached hydrogens (tertiary/aromatic N) is 2. The van der Waals surface area contributed by atoms with Gasteiger partial charge in [-0.3, -0.25) is 4.79 Å².